The summed E-state index contributed by atoms with van der Waals surface area (Å²) in [5.74, 6) is 1.62. The standard InChI is InChI=1S/C12H17N3O2/c1-9-6-10(2)8-14(7-9)12-11(15(16)17)4-3-5-13-12/h3-5,9-10H,6-8H2,1-2H3/t9-,10-/m1/s1. The van der Waals surface area contributed by atoms with Crippen LogP contribution in [0.25, 0.3) is 0 Å². The van der Waals surface area contributed by atoms with E-state index in [4.69, 9.17) is 0 Å². The molecule has 0 aromatic carbocycles. The molecule has 5 heteroatoms. The minimum atomic E-state index is -0.355. The zero-order valence-corrected chi connectivity index (χ0v) is 10.2. The SMILES string of the molecule is C[C@@H]1C[C@@H](C)CN(c2ncccc2[N+](=O)[O-])C1. The number of nitro groups is 1. The number of anilines is 1. The molecule has 5 nitrogen and oxygen atoms in total. The number of hydrogen-bond acceptors (Lipinski definition) is 4. The summed E-state index contributed by atoms with van der Waals surface area (Å²) in [5, 5.41) is 11.0. The fraction of sp³-hybridized carbons (Fsp3) is 0.583. The van der Waals surface area contributed by atoms with Crippen molar-refractivity contribution in [2.45, 2.75) is 20.3 Å². The first-order valence-corrected chi connectivity index (χ1v) is 5.92. The summed E-state index contributed by atoms with van der Waals surface area (Å²) in [5.41, 5.74) is 0.105. The summed E-state index contributed by atoms with van der Waals surface area (Å²) in [6, 6.07) is 3.13. The highest BCUT2D eigenvalue weighted by Gasteiger charge is 2.27. The molecule has 2 rings (SSSR count). The third kappa shape index (κ3) is 2.54. The van der Waals surface area contributed by atoms with Gasteiger partial charge in [-0.3, -0.25) is 10.1 Å². The van der Waals surface area contributed by atoms with Crippen molar-refractivity contribution in [2.75, 3.05) is 18.0 Å². The number of pyridine rings is 1. The molecule has 1 aromatic rings. The van der Waals surface area contributed by atoms with Gasteiger partial charge in [-0.25, -0.2) is 4.98 Å². The van der Waals surface area contributed by atoms with E-state index in [1.165, 1.54) is 12.5 Å². The molecule has 1 saturated heterocycles. The van der Waals surface area contributed by atoms with Crippen LogP contribution in [0.1, 0.15) is 20.3 Å². The van der Waals surface area contributed by atoms with E-state index >= 15 is 0 Å². The Kier molecular flexibility index (Phi) is 3.26. The van der Waals surface area contributed by atoms with Crippen molar-refractivity contribution < 1.29 is 4.92 Å². The van der Waals surface area contributed by atoms with Crippen LogP contribution in [-0.4, -0.2) is 23.0 Å². The highest BCUT2D eigenvalue weighted by molar-refractivity contribution is 5.57. The summed E-state index contributed by atoms with van der Waals surface area (Å²) in [7, 11) is 0. The molecular weight excluding hydrogens is 218 g/mol. The molecule has 2 heterocycles. The molecule has 1 aliphatic heterocycles. The zero-order valence-electron chi connectivity index (χ0n) is 10.2. The Morgan fingerprint density at radius 2 is 2.06 bits per heavy atom. The quantitative estimate of drug-likeness (QED) is 0.583. The molecule has 0 unspecified atom stereocenters. The third-order valence-electron chi connectivity index (χ3n) is 3.13. The lowest BCUT2D eigenvalue weighted by Gasteiger charge is -2.35. The van der Waals surface area contributed by atoms with Crippen LogP contribution in [0.4, 0.5) is 11.5 Å². The predicted molar refractivity (Wildman–Crippen MR) is 66.0 cm³/mol. The van der Waals surface area contributed by atoms with Gasteiger partial charge in [0.15, 0.2) is 0 Å². The second-order valence-electron chi connectivity index (χ2n) is 4.95. The van der Waals surface area contributed by atoms with Crippen LogP contribution in [0.5, 0.6) is 0 Å². The molecule has 2 atom stereocenters. The predicted octanol–water partition coefficient (Wildman–Crippen LogP) is 2.47. The first-order valence-electron chi connectivity index (χ1n) is 5.92. The molecule has 0 saturated carbocycles. The lowest BCUT2D eigenvalue weighted by molar-refractivity contribution is -0.384. The first kappa shape index (κ1) is 11.8. The van der Waals surface area contributed by atoms with Gasteiger partial charge in [0.1, 0.15) is 0 Å². The van der Waals surface area contributed by atoms with Crippen LogP contribution < -0.4 is 4.90 Å². The minimum Gasteiger partial charge on any atom is -0.350 e. The van der Waals surface area contributed by atoms with Crippen molar-refractivity contribution in [1.82, 2.24) is 4.98 Å². The van der Waals surface area contributed by atoms with Gasteiger partial charge in [-0.05, 0) is 24.3 Å². The number of rotatable bonds is 2. The minimum absolute atomic E-state index is 0.105. The van der Waals surface area contributed by atoms with E-state index in [1.807, 2.05) is 4.90 Å². The van der Waals surface area contributed by atoms with E-state index in [0.717, 1.165) is 13.1 Å². The molecule has 92 valence electrons. The topological polar surface area (TPSA) is 59.3 Å². The van der Waals surface area contributed by atoms with Gasteiger partial charge in [-0.15, -0.1) is 0 Å². The largest absolute Gasteiger partial charge is 0.350 e. The van der Waals surface area contributed by atoms with Gasteiger partial charge in [0.2, 0.25) is 5.82 Å². The number of aromatic nitrogens is 1. The second-order valence-corrected chi connectivity index (χ2v) is 4.95. The van der Waals surface area contributed by atoms with E-state index in [9.17, 15) is 10.1 Å². The van der Waals surface area contributed by atoms with E-state index in [-0.39, 0.29) is 10.6 Å². The molecule has 0 spiro atoms. The summed E-state index contributed by atoms with van der Waals surface area (Å²) >= 11 is 0. The van der Waals surface area contributed by atoms with Crippen LogP contribution in [0.15, 0.2) is 18.3 Å². The van der Waals surface area contributed by atoms with E-state index in [0.29, 0.717) is 17.7 Å². The molecule has 0 radical (unpaired) electrons. The third-order valence-corrected chi connectivity index (χ3v) is 3.13. The molecular formula is C12H17N3O2. The van der Waals surface area contributed by atoms with Crippen LogP contribution >= 0.6 is 0 Å². The molecule has 0 aliphatic carbocycles. The van der Waals surface area contributed by atoms with Gasteiger partial charge in [0.05, 0.1) is 4.92 Å². The Morgan fingerprint density at radius 3 is 2.65 bits per heavy atom. The first-order chi connectivity index (χ1) is 8.08. The van der Waals surface area contributed by atoms with Crippen molar-refractivity contribution >= 4 is 11.5 Å². The fourth-order valence-electron chi connectivity index (χ4n) is 2.61. The van der Waals surface area contributed by atoms with E-state index in [2.05, 4.69) is 18.8 Å². The molecule has 17 heavy (non-hydrogen) atoms. The van der Waals surface area contributed by atoms with Crippen LogP contribution in [0, 0.1) is 22.0 Å². The summed E-state index contributed by atoms with van der Waals surface area (Å²) in [4.78, 5) is 16.8. The molecule has 0 amide bonds. The van der Waals surface area contributed by atoms with Crippen molar-refractivity contribution in [3.8, 4) is 0 Å². The Balaban J connectivity index is 2.30. The molecule has 1 aliphatic rings. The Hall–Kier alpha value is -1.65. The van der Waals surface area contributed by atoms with Crippen LogP contribution in [0.2, 0.25) is 0 Å². The van der Waals surface area contributed by atoms with Gasteiger partial charge in [-0.2, -0.15) is 0 Å². The summed E-state index contributed by atoms with van der Waals surface area (Å²) in [6.07, 6.45) is 2.80. The van der Waals surface area contributed by atoms with Crippen molar-refractivity contribution in [1.29, 1.82) is 0 Å². The summed E-state index contributed by atoms with van der Waals surface area (Å²) < 4.78 is 0. The van der Waals surface area contributed by atoms with Gasteiger partial charge >= 0.3 is 5.69 Å². The molecule has 0 bridgehead atoms. The van der Waals surface area contributed by atoms with Gasteiger partial charge < -0.3 is 4.90 Å². The van der Waals surface area contributed by atoms with Crippen LogP contribution in [0.3, 0.4) is 0 Å². The van der Waals surface area contributed by atoms with Crippen molar-refractivity contribution in [3.05, 3.63) is 28.4 Å². The van der Waals surface area contributed by atoms with Gasteiger partial charge in [0.25, 0.3) is 0 Å². The maximum Gasteiger partial charge on any atom is 0.311 e. The van der Waals surface area contributed by atoms with Crippen molar-refractivity contribution in [3.63, 3.8) is 0 Å². The molecule has 0 N–H and O–H groups in total. The fourth-order valence-corrected chi connectivity index (χ4v) is 2.61. The average molecular weight is 235 g/mol. The number of nitrogens with zero attached hydrogens (tertiary/aromatic N) is 3. The zero-order chi connectivity index (χ0) is 12.4. The lowest BCUT2D eigenvalue weighted by Crippen LogP contribution is -2.39. The maximum atomic E-state index is 11.0. The number of hydrogen-bond donors (Lipinski definition) is 0. The second kappa shape index (κ2) is 4.69. The molecule has 1 fully saturated rings. The monoisotopic (exact) mass is 235 g/mol. The Bertz CT molecular complexity index is 412. The molecule has 1 aromatic heterocycles. The van der Waals surface area contributed by atoms with Crippen LogP contribution in [-0.2, 0) is 0 Å². The number of piperidine rings is 1. The van der Waals surface area contributed by atoms with E-state index in [1.54, 1.807) is 12.3 Å². The van der Waals surface area contributed by atoms with Gasteiger partial charge in [-0.1, -0.05) is 13.8 Å². The van der Waals surface area contributed by atoms with E-state index < -0.39 is 0 Å². The lowest BCUT2D eigenvalue weighted by atomic mass is 9.92. The van der Waals surface area contributed by atoms with Gasteiger partial charge in [0, 0.05) is 25.4 Å². The maximum absolute atomic E-state index is 11.0. The highest BCUT2D eigenvalue weighted by Crippen LogP contribution is 2.30. The van der Waals surface area contributed by atoms with Crippen molar-refractivity contribution in [2.24, 2.45) is 11.8 Å². The Labute approximate surface area is 101 Å². The highest BCUT2D eigenvalue weighted by atomic mass is 16.6. The average Bonchev–Trinajstić information content (AvgIpc) is 2.27. The normalized spacial score (nSPS) is 24.7. The Morgan fingerprint density at radius 1 is 1.41 bits per heavy atom. The smallest absolute Gasteiger partial charge is 0.311 e. The summed E-state index contributed by atoms with van der Waals surface area (Å²) in [6.45, 7) is 6.05.